The zero-order chi connectivity index (χ0) is 36.9. The molecule has 7 atom stereocenters. The van der Waals surface area contributed by atoms with Crippen LogP contribution in [-0.2, 0) is 32.6 Å². The first kappa shape index (κ1) is 37.1. The molecular formula is C41H55ClN4O6S. The van der Waals surface area contributed by atoms with Crippen molar-refractivity contribution in [1.29, 1.82) is 0 Å². The highest BCUT2D eigenvalue weighted by molar-refractivity contribution is 7.90. The van der Waals surface area contributed by atoms with Crippen LogP contribution in [0.2, 0.25) is 5.02 Å². The lowest BCUT2D eigenvalue weighted by molar-refractivity contribution is -0.140. The molecule has 2 saturated carbocycles. The zero-order valence-electron chi connectivity index (χ0n) is 31.2. The van der Waals surface area contributed by atoms with Crippen molar-refractivity contribution in [2.75, 3.05) is 57.4 Å². The summed E-state index contributed by atoms with van der Waals surface area (Å²) >= 11 is 6.40. The van der Waals surface area contributed by atoms with Gasteiger partial charge in [0.2, 0.25) is 15.9 Å². The molecule has 0 radical (unpaired) electrons. The Morgan fingerprint density at radius 3 is 2.66 bits per heavy atom. The van der Waals surface area contributed by atoms with E-state index in [1.54, 1.807) is 13.0 Å². The van der Waals surface area contributed by atoms with Crippen molar-refractivity contribution in [3.05, 3.63) is 58.1 Å². The second-order valence-corrected chi connectivity index (χ2v) is 19.3. The molecule has 6 aliphatic rings. The lowest BCUT2D eigenvalue weighted by Gasteiger charge is -2.47. The number of amides is 2. The number of piperazine rings is 1. The molecule has 4 heterocycles. The Labute approximate surface area is 319 Å². The SMILES string of the molecule is C[C@@H]1[C@@H](C)CCCC2(C[C@H]2C(=O)N2CCN3CCOC[C@H]3C2)[C@@H]2CC[C@H]2CN2CCCCc3cc(Cl)ccc3COc3ccc(cc32)C(=O)NS1(=O)=O. The largest absolute Gasteiger partial charge is 0.487 e. The summed E-state index contributed by atoms with van der Waals surface area (Å²) in [6.07, 6.45) is 8.44. The summed E-state index contributed by atoms with van der Waals surface area (Å²) in [6, 6.07) is 11.5. The molecular weight excluding hydrogens is 712 g/mol. The lowest BCUT2D eigenvalue weighted by Crippen LogP contribution is -2.59. The molecule has 10 nitrogen and oxygen atoms in total. The van der Waals surface area contributed by atoms with Gasteiger partial charge in [-0.05, 0) is 123 Å². The normalized spacial score (nSPS) is 33.5. The maximum atomic E-state index is 14.4. The Hall–Kier alpha value is -2.86. The van der Waals surface area contributed by atoms with Crippen LogP contribution in [0.5, 0.6) is 5.75 Å². The van der Waals surface area contributed by atoms with Crippen molar-refractivity contribution in [2.45, 2.75) is 89.5 Å². The number of benzene rings is 2. The second-order valence-electron chi connectivity index (χ2n) is 16.8. The monoisotopic (exact) mass is 766 g/mol. The number of hydrogen-bond donors (Lipinski definition) is 1. The second kappa shape index (κ2) is 15.0. The van der Waals surface area contributed by atoms with Gasteiger partial charge in [0.25, 0.3) is 5.91 Å². The van der Waals surface area contributed by atoms with Gasteiger partial charge in [-0.1, -0.05) is 31.0 Å². The van der Waals surface area contributed by atoms with Gasteiger partial charge < -0.3 is 19.3 Å². The molecule has 2 aliphatic carbocycles. The average molecular weight is 767 g/mol. The predicted molar refractivity (Wildman–Crippen MR) is 206 cm³/mol. The first-order chi connectivity index (χ1) is 25.5. The molecule has 2 aromatic rings. The number of anilines is 1. The van der Waals surface area contributed by atoms with Crippen molar-refractivity contribution in [1.82, 2.24) is 14.5 Å². The smallest absolute Gasteiger partial charge is 0.264 e. The third-order valence-electron chi connectivity index (χ3n) is 13.8. The molecule has 288 valence electrons. The van der Waals surface area contributed by atoms with Crippen LogP contribution < -0.4 is 14.4 Å². The molecule has 2 saturated heterocycles. The number of hydrogen-bond acceptors (Lipinski definition) is 8. The van der Waals surface area contributed by atoms with E-state index in [4.69, 9.17) is 21.1 Å². The highest BCUT2D eigenvalue weighted by Gasteiger charge is 2.65. The zero-order valence-corrected chi connectivity index (χ0v) is 32.8. The maximum absolute atomic E-state index is 14.4. The Kier molecular flexibility index (Phi) is 10.5. The van der Waals surface area contributed by atoms with Gasteiger partial charge in [0, 0.05) is 55.8 Å². The number of halogens is 1. The van der Waals surface area contributed by atoms with Crippen LogP contribution in [0.1, 0.15) is 86.7 Å². The number of nitrogens with zero attached hydrogens (tertiary/aromatic N) is 3. The van der Waals surface area contributed by atoms with E-state index in [0.717, 1.165) is 115 Å². The minimum absolute atomic E-state index is 0.0103. The predicted octanol–water partition coefficient (Wildman–Crippen LogP) is 5.91. The first-order valence-corrected chi connectivity index (χ1v) is 21.9. The van der Waals surface area contributed by atoms with Gasteiger partial charge in [-0.15, -0.1) is 0 Å². The molecule has 53 heavy (non-hydrogen) atoms. The van der Waals surface area contributed by atoms with Crippen LogP contribution in [0.3, 0.4) is 0 Å². The number of rotatable bonds is 1. The highest BCUT2D eigenvalue weighted by Crippen LogP contribution is 2.68. The third-order valence-corrected chi connectivity index (χ3v) is 16.0. The summed E-state index contributed by atoms with van der Waals surface area (Å²) in [6.45, 7) is 10.4. The number of sulfonamides is 1. The molecule has 1 N–H and O–H groups in total. The molecule has 8 rings (SSSR count). The molecule has 2 aromatic carbocycles. The molecule has 0 aromatic heterocycles. The standard InChI is InChI=1S/C41H55ClN4O6S/c1-27-6-5-14-41(22-36(41)40(48)46-17-16-44-18-19-51-26-34(44)24-46)35-12-9-31(35)23-45-15-4-3-7-29-20-33(42)11-8-32(29)25-52-38-13-10-30(21-37(38)45)39(47)43-53(49,50)28(27)2/h8,10-11,13,20-21,27-28,31,34-36H,3-7,9,12,14-19,22-26H2,1-2H3,(H,43,47)/t27-,28+,31-,34+,35+,36-,41?/m0/s1. The molecule has 4 fully saturated rings. The van der Waals surface area contributed by atoms with Crippen molar-refractivity contribution in [3.8, 4) is 5.75 Å². The van der Waals surface area contributed by atoms with Crippen LogP contribution in [0.4, 0.5) is 5.69 Å². The fourth-order valence-electron chi connectivity index (χ4n) is 10.2. The van der Waals surface area contributed by atoms with Crippen LogP contribution >= 0.6 is 11.6 Å². The summed E-state index contributed by atoms with van der Waals surface area (Å²) in [4.78, 5) is 35.0. The maximum Gasteiger partial charge on any atom is 0.264 e. The summed E-state index contributed by atoms with van der Waals surface area (Å²) in [5.41, 5.74) is 3.32. The van der Waals surface area contributed by atoms with E-state index < -0.39 is 21.2 Å². The molecule has 2 amide bonds. The summed E-state index contributed by atoms with van der Waals surface area (Å²) < 4.78 is 41.9. The van der Waals surface area contributed by atoms with E-state index in [-0.39, 0.29) is 23.3 Å². The molecule has 4 aliphatic heterocycles. The van der Waals surface area contributed by atoms with Crippen LogP contribution in [0, 0.1) is 29.1 Å². The van der Waals surface area contributed by atoms with Crippen LogP contribution in [0.25, 0.3) is 0 Å². The number of fused-ring (bicyclic) bond motifs is 5. The molecule has 1 unspecified atom stereocenters. The van der Waals surface area contributed by atoms with E-state index in [1.165, 1.54) is 5.56 Å². The van der Waals surface area contributed by atoms with Crippen LogP contribution in [-0.4, -0.2) is 93.8 Å². The molecule has 12 heteroatoms. The van der Waals surface area contributed by atoms with E-state index in [0.29, 0.717) is 47.3 Å². The molecule has 1 spiro atoms. The third kappa shape index (κ3) is 7.44. The van der Waals surface area contributed by atoms with Gasteiger partial charge in [0.1, 0.15) is 12.4 Å². The quantitative estimate of drug-likeness (QED) is 0.382. The van der Waals surface area contributed by atoms with Gasteiger partial charge >= 0.3 is 0 Å². The van der Waals surface area contributed by atoms with Gasteiger partial charge in [0.05, 0.1) is 30.2 Å². The summed E-state index contributed by atoms with van der Waals surface area (Å²) in [5, 5.41) is -0.0304. The van der Waals surface area contributed by atoms with E-state index in [9.17, 15) is 18.0 Å². The van der Waals surface area contributed by atoms with Crippen molar-refractivity contribution < 1.29 is 27.5 Å². The number of morpholine rings is 1. The van der Waals surface area contributed by atoms with Gasteiger partial charge in [-0.2, -0.15) is 0 Å². The summed E-state index contributed by atoms with van der Waals surface area (Å²) in [7, 11) is -3.94. The van der Waals surface area contributed by atoms with Gasteiger partial charge in [0.15, 0.2) is 0 Å². The average Bonchev–Trinajstić information content (AvgIpc) is 3.86. The Bertz CT molecular complexity index is 1820. The minimum atomic E-state index is -3.94. The first-order valence-electron chi connectivity index (χ1n) is 20.0. The number of carbonyl (C=O) groups excluding carboxylic acids is 2. The van der Waals surface area contributed by atoms with E-state index in [1.807, 2.05) is 37.3 Å². The number of nitrogens with one attached hydrogen (secondary N) is 1. The molecule has 2 bridgehead atoms. The fraction of sp³-hybridized carbons (Fsp3) is 0.659. The highest BCUT2D eigenvalue weighted by atomic mass is 35.5. The topological polar surface area (TPSA) is 108 Å². The van der Waals surface area contributed by atoms with Crippen LogP contribution in [0.15, 0.2) is 36.4 Å². The Morgan fingerprint density at radius 1 is 0.962 bits per heavy atom. The number of aryl methyl sites for hydroxylation is 1. The fourth-order valence-corrected chi connectivity index (χ4v) is 11.7. The van der Waals surface area contributed by atoms with E-state index >= 15 is 0 Å². The summed E-state index contributed by atoms with van der Waals surface area (Å²) in [5.74, 6) is 1.05. The number of carbonyl (C=O) groups is 2. The lowest BCUT2D eigenvalue weighted by atomic mass is 9.62. The van der Waals surface area contributed by atoms with Crippen molar-refractivity contribution in [2.24, 2.45) is 29.1 Å². The van der Waals surface area contributed by atoms with Crippen molar-refractivity contribution in [3.63, 3.8) is 0 Å². The minimum Gasteiger partial charge on any atom is -0.487 e. The Morgan fingerprint density at radius 2 is 1.83 bits per heavy atom. The van der Waals surface area contributed by atoms with Crippen molar-refractivity contribution >= 4 is 39.1 Å². The van der Waals surface area contributed by atoms with Gasteiger partial charge in [-0.25, -0.2) is 13.1 Å². The Balaban J connectivity index is 1.11. The number of ether oxygens (including phenoxy) is 2. The van der Waals surface area contributed by atoms with E-state index in [2.05, 4.69) is 19.4 Å². The van der Waals surface area contributed by atoms with Gasteiger partial charge in [-0.3, -0.25) is 14.5 Å².